The summed E-state index contributed by atoms with van der Waals surface area (Å²) in [4.78, 5) is 43.3. The Morgan fingerprint density at radius 2 is 1.74 bits per heavy atom. The quantitative estimate of drug-likeness (QED) is 0.397. The zero-order chi connectivity index (χ0) is 27.6. The number of hydrogen-bond donors (Lipinski definition) is 2. The zero-order valence-corrected chi connectivity index (χ0v) is 22.1. The van der Waals surface area contributed by atoms with Gasteiger partial charge in [-0.1, -0.05) is 19.1 Å². The molecule has 0 atom stereocenters. The Kier molecular flexibility index (Phi) is 5.95. The van der Waals surface area contributed by atoms with Crippen molar-refractivity contribution in [2.24, 2.45) is 7.05 Å². The number of aromatic nitrogens is 3. The fraction of sp³-hybridized carbons (Fsp3) is 0.345. The average molecular weight is 532 g/mol. The van der Waals surface area contributed by atoms with Crippen molar-refractivity contribution in [1.82, 2.24) is 13.7 Å². The SMILES string of the molecule is CCc1ccc(Nc2c3c(=O)n(C4CC4)c(=O)n(-c4cccc(N5CC(O)C5)c4)c3c(C)c(=O)n2C)c(F)c1. The maximum Gasteiger partial charge on any atom is 0.336 e. The molecular formula is C29H30FN5O4. The van der Waals surface area contributed by atoms with E-state index in [9.17, 15) is 19.5 Å². The second-order valence-corrected chi connectivity index (χ2v) is 10.5. The molecule has 0 radical (unpaired) electrons. The van der Waals surface area contributed by atoms with Gasteiger partial charge < -0.3 is 15.3 Å². The highest BCUT2D eigenvalue weighted by Crippen LogP contribution is 2.34. The van der Waals surface area contributed by atoms with Crippen molar-refractivity contribution in [1.29, 1.82) is 0 Å². The summed E-state index contributed by atoms with van der Waals surface area (Å²) >= 11 is 0. The second kappa shape index (κ2) is 9.23. The number of nitrogens with zero attached hydrogens (tertiary/aromatic N) is 4. The standard InChI is InChI=1S/C29H30FN5O4/c1-4-17-8-11-23(22(30)12-17)31-26-24-25(16(2)27(37)32(26)3)34(29(39)35(28(24)38)18-9-10-18)20-7-5-6-19(13-20)33-14-21(36)15-33/h5-8,11-13,18,21,31,36H,4,9-10,14-15H2,1-3H3. The molecule has 10 heteroatoms. The minimum atomic E-state index is -0.517. The molecular weight excluding hydrogens is 501 g/mol. The lowest BCUT2D eigenvalue weighted by molar-refractivity contribution is 0.142. The number of benzene rings is 2. The van der Waals surface area contributed by atoms with E-state index in [1.165, 1.54) is 26.8 Å². The van der Waals surface area contributed by atoms with Crippen LogP contribution < -0.4 is 27.0 Å². The minimum Gasteiger partial charge on any atom is -0.389 e. The number of aryl methyl sites for hydroxylation is 2. The van der Waals surface area contributed by atoms with Crippen molar-refractivity contribution in [3.05, 3.63) is 90.6 Å². The van der Waals surface area contributed by atoms with Crippen LogP contribution in [0.25, 0.3) is 16.6 Å². The fourth-order valence-corrected chi connectivity index (χ4v) is 5.36. The maximum absolute atomic E-state index is 15.0. The number of aliphatic hydroxyl groups is 1. The van der Waals surface area contributed by atoms with Gasteiger partial charge in [-0.15, -0.1) is 0 Å². The van der Waals surface area contributed by atoms with Crippen LogP contribution in [0.5, 0.6) is 0 Å². The monoisotopic (exact) mass is 531 g/mol. The maximum atomic E-state index is 15.0. The zero-order valence-electron chi connectivity index (χ0n) is 22.1. The van der Waals surface area contributed by atoms with Crippen molar-refractivity contribution in [2.75, 3.05) is 23.3 Å². The number of pyridine rings is 1. The van der Waals surface area contributed by atoms with E-state index in [1.54, 1.807) is 31.2 Å². The van der Waals surface area contributed by atoms with E-state index in [1.807, 2.05) is 24.0 Å². The summed E-state index contributed by atoms with van der Waals surface area (Å²) in [7, 11) is 1.53. The molecule has 4 aromatic rings. The van der Waals surface area contributed by atoms with Crippen molar-refractivity contribution in [3.63, 3.8) is 0 Å². The molecule has 1 aliphatic carbocycles. The minimum absolute atomic E-state index is 0.124. The number of anilines is 3. The van der Waals surface area contributed by atoms with Gasteiger partial charge in [-0.2, -0.15) is 0 Å². The van der Waals surface area contributed by atoms with Gasteiger partial charge in [0.15, 0.2) is 0 Å². The van der Waals surface area contributed by atoms with Crippen LogP contribution in [0.15, 0.2) is 56.8 Å². The molecule has 0 spiro atoms. The number of hydrogen-bond acceptors (Lipinski definition) is 6. The third kappa shape index (κ3) is 4.06. The van der Waals surface area contributed by atoms with Crippen molar-refractivity contribution < 1.29 is 9.50 Å². The summed E-state index contributed by atoms with van der Waals surface area (Å²) in [5.41, 5.74) is 1.26. The van der Waals surface area contributed by atoms with E-state index < -0.39 is 28.7 Å². The topological polar surface area (TPSA) is 102 Å². The van der Waals surface area contributed by atoms with E-state index in [4.69, 9.17) is 0 Å². The van der Waals surface area contributed by atoms with Crippen LogP contribution in [0.1, 0.15) is 36.9 Å². The van der Waals surface area contributed by atoms with Crippen LogP contribution >= 0.6 is 0 Å². The van der Waals surface area contributed by atoms with E-state index in [0.717, 1.165) is 11.3 Å². The van der Waals surface area contributed by atoms with Crippen molar-refractivity contribution in [2.45, 2.75) is 45.3 Å². The molecule has 0 bridgehead atoms. The lowest BCUT2D eigenvalue weighted by Gasteiger charge is -2.38. The van der Waals surface area contributed by atoms with Crippen LogP contribution in [-0.4, -0.2) is 38.0 Å². The van der Waals surface area contributed by atoms with Gasteiger partial charge in [0.1, 0.15) is 17.0 Å². The first-order chi connectivity index (χ1) is 18.7. The molecule has 2 aromatic carbocycles. The number of nitrogens with one attached hydrogen (secondary N) is 1. The third-order valence-corrected chi connectivity index (χ3v) is 7.77. The van der Waals surface area contributed by atoms with Gasteiger partial charge in [0.2, 0.25) is 0 Å². The molecule has 2 N–H and O–H groups in total. The Morgan fingerprint density at radius 1 is 1.03 bits per heavy atom. The normalized spacial score (nSPS) is 15.6. The van der Waals surface area contributed by atoms with Gasteiger partial charge in [0, 0.05) is 37.4 Å². The van der Waals surface area contributed by atoms with E-state index in [-0.39, 0.29) is 34.0 Å². The Morgan fingerprint density at radius 3 is 2.38 bits per heavy atom. The Bertz CT molecular complexity index is 1810. The first-order valence-corrected chi connectivity index (χ1v) is 13.2. The van der Waals surface area contributed by atoms with E-state index in [0.29, 0.717) is 38.0 Å². The van der Waals surface area contributed by atoms with Crippen molar-refractivity contribution >= 4 is 28.1 Å². The number of rotatable bonds is 6. The lowest BCUT2D eigenvalue weighted by Crippen LogP contribution is -2.50. The van der Waals surface area contributed by atoms with Crippen molar-refractivity contribution in [3.8, 4) is 5.69 Å². The Labute approximate surface area is 223 Å². The average Bonchev–Trinajstić information content (AvgIpc) is 3.74. The van der Waals surface area contributed by atoms with Gasteiger partial charge in [0.05, 0.1) is 23.0 Å². The van der Waals surface area contributed by atoms with Gasteiger partial charge in [-0.25, -0.2) is 9.18 Å². The van der Waals surface area contributed by atoms with Gasteiger partial charge in [-0.05, 0) is 62.1 Å². The molecule has 9 nitrogen and oxygen atoms in total. The molecule has 2 aliphatic rings. The highest BCUT2D eigenvalue weighted by Gasteiger charge is 2.32. The van der Waals surface area contributed by atoms with Crippen LogP contribution in [0.4, 0.5) is 21.6 Å². The van der Waals surface area contributed by atoms with Crippen LogP contribution in [0.2, 0.25) is 0 Å². The predicted molar refractivity (Wildman–Crippen MR) is 149 cm³/mol. The predicted octanol–water partition coefficient (Wildman–Crippen LogP) is 3.12. The fourth-order valence-electron chi connectivity index (χ4n) is 5.36. The summed E-state index contributed by atoms with van der Waals surface area (Å²) < 4.78 is 19.0. The molecule has 0 unspecified atom stereocenters. The van der Waals surface area contributed by atoms with Crippen LogP contribution in [0, 0.1) is 12.7 Å². The molecule has 1 saturated heterocycles. The summed E-state index contributed by atoms with van der Waals surface area (Å²) in [5.74, 6) is -0.380. The van der Waals surface area contributed by atoms with Gasteiger partial charge in [0.25, 0.3) is 11.1 Å². The first-order valence-electron chi connectivity index (χ1n) is 13.2. The number of aliphatic hydroxyl groups excluding tert-OH is 1. The molecule has 1 saturated carbocycles. The molecule has 1 aliphatic heterocycles. The highest BCUT2D eigenvalue weighted by molar-refractivity contribution is 5.93. The molecule has 6 rings (SSSR count). The van der Waals surface area contributed by atoms with E-state index in [2.05, 4.69) is 5.32 Å². The largest absolute Gasteiger partial charge is 0.389 e. The van der Waals surface area contributed by atoms with Gasteiger partial charge in [-0.3, -0.25) is 23.3 Å². The number of fused-ring (bicyclic) bond motifs is 1. The Hall–Kier alpha value is -4.18. The molecule has 0 amide bonds. The lowest BCUT2D eigenvalue weighted by atomic mass is 10.1. The molecule has 2 fully saturated rings. The first kappa shape index (κ1) is 25.1. The second-order valence-electron chi connectivity index (χ2n) is 10.5. The highest BCUT2D eigenvalue weighted by atomic mass is 19.1. The molecule has 3 heterocycles. The number of β-amino-alcohol motifs (C(OH)–C–C–N with tert-alkyl or cyclic N) is 1. The summed E-state index contributed by atoms with van der Waals surface area (Å²) in [6.45, 7) is 4.49. The molecule has 2 aromatic heterocycles. The summed E-state index contributed by atoms with van der Waals surface area (Å²) in [6, 6.07) is 11.8. The number of halogens is 1. The van der Waals surface area contributed by atoms with E-state index >= 15 is 4.39 Å². The third-order valence-electron chi connectivity index (χ3n) is 7.77. The molecule has 39 heavy (non-hydrogen) atoms. The van der Waals surface area contributed by atoms with Crippen LogP contribution in [-0.2, 0) is 13.5 Å². The summed E-state index contributed by atoms with van der Waals surface area (Å²) in [6.07, 6.45) is 1.66. The Balaban J connectivity index is 1.66. The smallest absolute Gasteiger partial charge is 0.336 e. The van der Waals surface area contributed by atoms with Crippen LogP contribution in [0.3, 0.4) is 0 Å². The molecule has 202 valence electrons. The van der Waals surface area contributed by atoms with Gasteiger partial charge >= 0.3 is 5.69 Å². The summed E-state index contributed by atoms with van der Waals surface area (Å²) in [5, 5.41) is 12.9.